The molecule has 2 fully saturated rings. The Labute approximate surface area is 143 Å². The first kappa shape index (κ1) is 15.9. The zero-order valence-corrected chi connectivity index (χ0v) is 14.2. The summed E-state index contributed by atoms with van der Waals surface area (Å²) >= 11 is 0. The molecule has 0 amide bonds. The van der Waals surface area contributed by atoms with Crippen molar-refractivity contribution in [3.05, 3.63) is 29.3 Å². The molecule has 4 rings (SSSR count). The molecule has 1 saturated carbocycles. The van der Waals surface area contributed by atoms with Crippen molar-refractivity contribution in [2.75, 3.05) is 18.5 Å². The van der Waals surface area contributed by atoms with Crippen LogP contribution < -0.4 is 11.1 Å². The number of hydrogen-bond donors (Lipinski definition) is 2. The summed E-state index contributed by atoms with van der Waals surface area (Å²) in [6, 6.07) is 6.47. The van der Waals surface area contributed by atoms with Gasteiger partial charge in [0.05, 0.1) is 13.2 Å². The number of nitrogens with zero attached hydrogens (tertiary/aromatic N) is 1. The molecule has 1 aliphatic heterocycles. The van der Waals surface area contributed by atoms with Crippen LogP contribution in [-0.2, 0) is 22.3 Å². The number of rotatable bonds is 3. The van der Waals surface area contributed by atoms with Crippen LogP contribution in [0.25, 0.3) is 0 Å². The molecule has 5 heteroatoms. The molecule has 1 spiro atoms. The van der Waals surface area contributed by atoms with Gasteiger partial charge in [0.15, 0.2) is 11.7 Å². The molecule has 3 aliphatic rings. The van der Waals surface area contributed by atoms with Crippen LogP contribution in [0.2, 0.25) is 0 Å². The van der Waals surface area contributed by atoms with Crippen molar-refractivity contribution >= 4 is 11.6 Å². The van der Waals surface area contributed by atoms with Crippen molar-refractivity contribution < 1.29 is 9.47 Å². The first-order valence-corrected chi connectivity index (χ1v) is 9.23. The van der Waals surface area contributed by atoms with Crippen LogP contribution in [0.1, 0.15) is 49.7 Å². The van der Waals surface area contributed by atoms with E-state index in [2.05, 4.69) is 28.5 Å². The Balaban J connectivity index is 1.31. The lowest BCUT2D eigenvalue weighted by atomic mass is 9.94. The van der Waals surface area contributed by atoms with Gasteiger partial charge >= 0.3 is 0 Å². The minimum absolute atomic E-state index is 0.0171. The molecule has 1 atom stereocenters. The van der Waals surface area contributed by atoms with Gasteiger partial charge in [0.25, 0.3) is 0 Å². The van der Waals surface area contributed by atoms with Gasteiger partial charge in [0.2, 0.25) is 0 Å². The van der Waals surface area contributed by atoms with Gasteiger partial charge < -0.3 is 20.5 Å². The maximum atomic E-state index is 6.14. The number of fused-ring (bicyclic) bond motifs is 1. The monoisotopic (exact) mass is 329 g/mol. The maximum Gasteiger partial charge on any atom is 0.193 e. The summed E-state index contributed by atoms with van der Waals surface area (Å²) in [5, 5.41) is 3.20. The predicted octanol–water partition coefficient (Wildman–Crippen LogP) is 2.98. The molecular formula is C19H27N3O2. The van der Waals surface area contributed by atoms with E-state index >= 15 is 0 Å². The first-order valence-electron chi connectivity index (χ1n) is 9.23. The standard InChI is InChI=1S/C19H27N3O2/c20-18(22-16-8-7-14-5-4-6-15(14)11-16)21-12-17-13-23-19(24-17)9-2-1-3-10-19/h7-8,11,17H,1-6,9-10,12-13H2,(H3,20,21,22). The fraction of sp³-hybridized carbons (Fsp3) is 0.632. The van der Waals surface area contributed by atoms with Crippen molar-refractivity contribution in [3.8, 4) is 0 Å². The van der Waals surface area contributed by atoms with Gasteiger partial charge in [-0.3, -0.25) is 4.99 Å². The quantitative estimate of drug-likeness (QED) is 0.661. The number of nitrogens with two attached hydrogens (primary N) is 1. The van der Waals surface area contributed by atoms with Crippen LogP contribution >= 0.6 is 0 Å². The molecule has 0 radical (unpaired) electrons. The minimum Gasteiger partial charge on any atom is -0.370 e. The Morgan fingerprint density at radius 3 is 2.88 bits per heavy atom. The average molecular weight is 329 g/mol. The molecule has 0 bridgehead atoms. The number of aryl methyl sites for hydroxylation is 2. The Kier molecular flexibility index (Phi) is 4.46. The zero-order chi connectivity index (χ0) is 16.4. The van der Waals surface area contributed by atoms with Crippen molar-refractivity contribution in [2.24, 2.45) is 10.7 Å². The normalized spacial score (nSPS) is 25.8. The molecule has 2 aliphatic carbocycles. The summed E-state index contributed by atoms with van der Waals surface area (Å²) in [5.74, 6) is 0.113. The van der Waals surface area contributed by atoms with Crippen molar-refractivity contribution in [1.29, 1.82) is 0 Å². The largest absolute Gasteiger partial charge is 0.370 e. The lowest BCUT2D eigenvalue weighted by Gasteiger charge is -2.31. The summed E-state index contributed by atoms with van der Waals surface area (Å²) < 4.78 is 12.1. The number of ether oxygens (including phenoxy) is 2. The minimum atomic E-state index is -0.333. The lowest BCUT2D eigenvalue weighted by Crippen LogP contribution is -2.34. The third-order valence-electron chi connectivity index (χ3n) is 5.37. The topological polar surface area (TPSA) is 68.9 Å². The second kappa shape index (κ2) is 6.73. The number of aliphatic imine (C=N–C) groups is 1. The summed E-state index contributed by atoms with van der Waals surface area (Å²) in [6.45, 7) is 1.17. The van der Waals surface area contributed by atoms with Crippen molar-refractivity contribution in [2.45, 2.75) is 63.3 Å². The zero-order valence-electron chi connectivity index (χ0n) is 14.2. The number of benzene rings is 1. The smallest absolute Gasteiger partial charge is 0.193 e. The highest BCUT2D eigenvalue weighted by atomic mass is 16.7. The van der Waals surface area contributed by atoms with Crippen LogP contribution in [-0.4, -0.2) is 31.0 Å². The number of guanidine groups is 1. The molecule has 1 aromatic carbocycles. The van der Waals surface area contributed by atoms with E-state index in [1.54, 1.807) is 0 Å². The maximum absolute atomic E-state index is 6.14. The molecule has 1 unspecified atom stereocenters. The Morgan fingerprint density at radius 1 is 1.17 bits per heavy atom. The van der Waals surface area contributed by atoms with E-state index in [1.165, 1.54) is 43.2 Å². The summed E-state index contributed by atoms with van der Waals surface area (Å²) in [6.07, 6.45) is 9.32. The van der Waals surface area contributed by atoms with Gasteiger partial charge in [-0.1, -0.05) is 12.5 Å². The van der Waals surface area contributed by atoms with Gasteiger partial charge in [-0.15, -0.1) is 0 Å². The molecule has 24 heavy (non-hydrogen) atoms. The fourth-order valence-corrected chi connectivity index (χ4v) is 4.10. The van der Waals surface area contributed by atoms with Crippen LogP contribution in [0.4, 0.5) is 5.69 Å². The van der Waals surface area contributed by atoms with Gasteiger partial charge in [-0.25, -0.2) is 0 Å². The van der Waals surface area contributed by atoms with E-state index in [-0.39, 0.29) is 11.9 Å². The van der Waals surface area contributed by atoms with Crippen LogP contribution in [0.5, 0.6) is 0 Å². The van der Waals surface area contributed by atoms with Crippen LogP contribution in [0.15, 0.2) is 23.2 Å². The lowest BCUT2D eigenvalue weighted by molar-refractivity contribution is -0.186. The fourth-order valence-electron chi connectivity index (χ4n) is 4.10. The number of anilines is 1. The van der Waals surface area contributed by atoms with E-state index in [0.29, 0.717) is 19.1 Å². The van der Waals surface area contributed by atoms with Gasteiger partial charge in [0.1, 0.15) is 6.10 Å². The van der Waals surface area contributed by atoms with Crippen molar-refractivity contribution in [3.63, 3.8) is 0 Å². The molecule has 0 aromatic heterocycles. The molecule has 5 nitrogen and oxygen atoms in total. The highest BCUT2D eigenvalue weighted by Gasteiger charge is 2.42. The molecule has 1 saturated heterocycles. The Hall–Kier alpha value is -1.59. The molecule has 3 N–H and O–H groups in total. The molecule has 130 valence electrons. The molecule has 1 aromatic rings. The first-order chi connectivity index (χ1) is 11.7. The Bertz CT molecular complexity index is 623. The summed E-state index contributed by atoms with van der Waals surface area (Å²) in [4.78, 5) is 4.45. The third kappa shape index (κ3) is 3.42. The predicted molar refractivity (Wildman–Crippen MR) is 95.2 cm³/mol. The van der Waals surface area contributed by atoms with Gasteiger partial charge in [-0.2, -0.15) is 0 Å². The SMILES string of the molecule is NC(=NCC1COC2(CCCCC2)O1)Nc1ccc2c(c1)CCC2. The molecular weight excluding hydrogens is 302 g/mol. The highest BCUT2D eigenvalue weighted by Crippen LogP contribution is 2.37. The number of hydrogen-bond acceptors (Lipinski definition) is 3. The van der Waals surface area contributed by atoms with Gasteiger partial charge in [0, 0.05) is 18.5 Å². The van der Waals surface area contributed by atoms with Crippen molar-refractivity contribution in [1.82, 2.24) is 0 Å². The highest BCUT2D eigenvalue weighted by molar-refractivity contribution is 5.92. The number of nitrogens with one attached hydrogen (secondary N) is 1. The van der Waals surface area contributed by atoms with E-state index in [4.69, 9.17) is 15.2 Å². The van der Waals surface area contributed by atoms with E-state index < -0.39 is 0 Å². The van der Waals surface area contributed by atoms with Gasteiger partial charge in [-0.05, 0) is 55.4 Å². The summed E-state index contributed by atoms with van der Waals surface area (Å²) in [7, 11) is 0. The average Bonchev–Trinajstić information content (AvgIpc) is 3.21. The summed E-state index contributed by atoms with van der Waals surface area (Å²) in [5.41, 5.74) is 9.95. The van der Waals surface area contributed by atoms with Crippen LogP contribution in [0, 0.1) is 0 Å². The van der Waals surface area contributed by atoms with E-state index in [0.717, 1.165) is 24.9 Å². The Morgan fingerprint density at radius 2 is 2.00 bits per heavy atom. The second-order valence-electron chi connectivity index (χ2n) is 7.21. The van der Waals surface area contributed by atoms with E-state index in [9.17, 15) is 0 Å². The third-order valence-corrected chi connectivity index (χ3v) is 5.37. The second-order valence-corrected chi connectivity index (χ2v) is 7.21. The van der Waals surface area contributed by atoms with E-state index in [1.807, 2.05) is 0 Å². The van der Waals surface area contributed by atoms with Crippen LogP contribution in [0.3, 0.4) is 0 Å². The molecule has 1 heterocycles.